The summed E-state index contributed by atoms with van der Waals surface area (Å²) in [5.41, 5.74) is 0. The van der Waals surface area contributed by atoms with Gasteiger partial charge in [0.15, 0.2) is 0 Å². The van der Waals surface area contributed by atoms with Crippen molar-refractivity contribution in [1.82, 2.24) is 0 Å². The second-order valence-corrected chi connectivity index (χ2v) is 9.68. The molecule has 0 aromatic carbocycles. The minimum Gasteiger partial charge on any atom is -0.0809 e. The third kappa shape index (κ3) is 3.19. The predicted octanol–water partition coefficient (Wildman–Crippen LogP) is 2.11. The Bertz CT molecular complexity index is 350. The van der Waals surface area contributed by atoms with Gasteiger partial charge in [-0.2, -0.15) is 0 Å². The fourth-order valence-corrected chi connectivity index (χ4v) is 8.93. The van der Waals surface area contributed by atoms with Gasteiger partial charge in [0.1, 0.15) is 8.07 Å². The number of allylic oxidation sites excluding steroid dienone is 8. The second-order valence-electron chi connectivity index (χ2n) is 5.23. The maximum absolute atomic E-state index is 2.43. The SMILES string of the molecule is CCC[Si](CCC)(C1=CC=CC1)C1=CC=CC1.[Na+]. The van der Waals surface area contributed by atoms with Gasteiger partial charge in [-0.15, -0.1) is 0 Å². The molecule has 0 aliphatic heterocycles. The Morgan fingerprint density at radius 2 is 1.33 bits per heavy atom. The zero-order chi connectivity index (χ0) is 12.1. The van der Waals surface area contributed by atoms with E-state index in [-0.39, 0.29) is 29.6 Å². The Morgan fingerprint density at radius 1 is 0.889 bits per heavy atom. The average molecular weight is 267 g/mol. The largest absolute Gasteiger partial charge is 1.00 e. The first-order valence-electron chi connectivity index (χ1n) is 7.06. The molecule has 0 fully saturated rings. The van der Waals surface area contributed by atoms with Crippen molar-refractivity contribution < 1.29 is 29.6 Å². The summed E-state index contributed by atoms with van der Waals surface area (Å²) in [6, 6.07) is 2.89. The van der Waals surface area contributed by atoms with Gasteiger partial charge < -0.3 is 0 Å². The Balaban J connectivity index is 0.00000162. The molecule has 0 aromatic rings. The van der Waals surface area contributed by atoms with E-state index >= 15 is 0 Å². The van der Waals surface area contributed by atoms with Crippen molar-refractivity contribution in [3.8, 4) is 0 Å². The molecule has 2 rings (SSSR count). The maximum Gasteiger partial charge on any atom is 1.00 e. The molecule has 0 amide bonds. The van der Waals surface area contributed by atoms with E-state index in [0.717, 1.165) is 0 Å². The van der Waals surface area contributed by atoms with Crippen LogP contribution in [0.2, 0.25) is 12.1 Å². The van der Waals surface area contributed by atoms with E-state index in [1.54, 1.807) is 10.4 Å². The van der Waals surface area contributed by atoms with Crippen LogP contribution in [-0.2, 0) is 0 Å². The Kier molecular flexibility index (Phi) is 6.93. The smallest absolute Gasteiger partial charge is 0.0809 e. The summed E-state index contributed by atoms with van der Waals surface area (Å²) in [4.78, 5) is 0. The first-order valence-corrected chi connectivity index (χ1v) is 9.47. The van der Waals surface area contributed by atoms with Crippen LogP contribution >= 0.6 is 0 Å². The van der Waals surface area contributed by atoms with Gasteiger partial charge in [0.2, 0.25) is 0 Å². The first kappa shape index (κ1) is 16.2. The fraction of sp³-hybridized carbons (Fsp3) is 0.500. The van der Waals surface area contributed by atoms with E-state index in [2.05, 4.69) is 50.3 Å². The summed E-state index contributed by atoms with van der Waals surface area (Å²) < 4.78 is 0. The van der Waals surface area contributed by atoms with Gasteiger partial charge in [0.05, 0.1) is 0 Å². The molecule has 92 valence electrons. The van der Waals surface area contributed by atoms with Crippen LogP contribution in [0.15, 0.2) is 46.8 Å². The summed E-state index contributed by atoms with van der Waals surface area (Å²) in [6.07, 6.45) is 19.2. The standard InChI is InChI=1S/C16H24Si.Na/c1-3-13-17(14-4-2,15-9-5-6-10-15)16-11-7-8-12-16;/h5-9,11H,3-4,10,12-14H2,1-2H3;/q;+1. The van der Waals surface area contributed by atoms with E-state index in [1.807, 2.05) is 0 Å². The Hall–Kier alpha value is 0.177. The molecule has 0 saturated carbocycles. The molecule has 2 heteroatoms. The molecule has 18 heavy (non-hydrogen) atoms. The zero-order valence-electron chi connectivity index (χ0n) is 12.2. The minimum absolute atomic E-state index is 0. The molecular formula is C16H24NaSi+. The summed E-state index contributed by atoms with van der Waals surface area (Å²) in [7, 11) is -1.33. The Morgan fingerprint density at radius 3 is 1.61 bits per heavy atom. The van der Waals surface area contributed by atoms with Crippen LogP contribution in [0.5, 0.6) is 0 Å². The first-order chi connectivity index (χ1) is 8.33. The number of hydrogen-bond acceptors (Lipinski definition) is 0. The molecule has 0 spiro atoms. The molecule has 0 aromatic heterocycles. The monoisotopic (exact) mass is 267 g/mol. The van der Waals surface area contributed by atoms with Gasteiger partial charge in [-0.05, 0) is 12.8 Å². The predicted molar refractivity (Wildman–Crippen MR) is 79.6 cm³/mol. The van der Waals surface area contributed by atoms with Crippen molar-refractivity contribution >= 4 is 8.07 Å². The van der Waals surface area contributed by atoms with Crippen molar-refractivity contribution in [2.24, 2.45) is 0 Å². The molecule has 2 aliphatic carbocycles. The van der Waals surface area contributed by atoms with Crippen molar-refractivity contribution in [3.05, 3.63) is 46.8 Å². The molecule has 0 nitrogen and oxygen atoms in total. The quantitative estimate of drug-likeness (QED) is 0.647. The zero-order valence-corrected chi connectivity index (χ0v) is 15.2. The van der Waals surface area contributed by atoms with Crippen LogP contribution in [0.3, 0.4) is 0 Å². The molecule has 2 aliphatic rings. The van der Waals surface area contributed by atoms with Gasteiger partial charge in [0, 0.05) is 0 Å². The van der Waals surface area contributed by atoms with E-state index in [9.17, 15) is 0 Å². The van der Waals surface area contributed by atoms with Gasteiger partial charge >= 0.3 is 29.6 Å². The van der Waals surface area contributed by atoms with Crippen LogP contribution in [0.25, 0.3) is 0 Å². The van der Waals surface area contributed by atoms with Gasteiger partial charge in [-0.25, -0.2) is 0 Å². The van der Waals surface area contributed by atoms with E-state index in [0.29, 0.717) is 0 Å². The second kappa shape index (κ2) is 7.69. The van der Waals surface area contributed by atoms with E-state index < -0.39 is 8.07 Å². The number of hydrogen-bond donors (Lipinski definition) is 0. The third-order valence-corrected chi connectivity index (χ3v) is 10.0. The molecule has 0 saturated heterocycles. The summed E-state index contributed by atoms with van der Waals surface area (Å²) >= 11 is 0. The van der Waals surface area contributed by atoms with Crippen molar-refractivity contribution in [2.45, 2.75) is 51.6 Å². The van der Waals surface area contributed by atoms with Crippen LogP contribution in [-0.4, -0.2) is 8.07 Å². The van der Waals surface area contributed by atoms with Crippen molar-refractivity contribution in [2.75, 3.05) is 0 Å². The van der Waals surface area contributed by atoms with Crippen molar-refractivity contribution in [1.29, 1.82) is 0 Å². The van der Waals surface area contributed by atoms with Crippen LogP contribution in [0, 0.1) is 0 Å². The summed E-state index contributed by atoms with van der Waals surface area (Å²) in [6.45, 7) is 4.70. The molecule has 0 radical (unpaired) electrons. The molecule has 0 atom stereocenters. The van der Waals surface area contributed by atoms with E-state index in [4.69, 9.17) is 0 Å². The normalized spacial score (nSPS) is 17.7. The molecule has 0 bridgehead atoms. The van der Waals surface area contributed by atoms with Gasteiger partial charge in [-0.1, -0.05) is 85.6 Å². The minimum atomic E-state index is -1.33. The molecule has 0 heterocycles. The number of rotatable bonds is 6. The van der Waals surface area contributed by atoms with Crippen LogP contribution in [0.1, 0.15) is 39.5 Å². The maximum atomic E-state index is 2.43. The van der Waals surface area contributed by atoms with Gasteiger partial charge in [0.25, 0.3) is 0 Å². The van der Waals surface area contributed by atoms with Crippen LogP contribution in [0.4, 0.5) is 0 Å². The molecular weight excluding hydrogens is 243 g/mol. The average Bonchev–Trinajstić information content (AvgIpc) is 3.02. The summed E-state index contributed by atoms with van der Waals surface area (Å²) in [5.74, 6) is 0. The Labute approximate surface area is 135 Å². The molecule has 0 unspecified atom stereocenters. The van der Waals surface area contributed by atoms with Crippen LogP contribution < -0.4 is 29.6 Å². The van der Waals surface area contributed by atoms with Gasteiger partial charge in [-0.3, -0.25) is 0 Å². The third-order valence-electron chi connectivity index (χ3n) is 4.13. The fourth-order valence-electron chi connectivity index (χ4n) is 3.43. The summed E-state index contributed by atoms with van der Waals surface area (Å²) in [5, 5.41) is 3.58. The molecule has 0 N–H and O–H groups in total. The van der Waals surface area contributed by atoms with Crippen molar-refractivity contribution in [3.63, 3.8) is 0 Å². The topological polar surface area (TPSA) is 0 Å². The van der Waals surface area contributed by atoms with E-state index in [1.165, 1.54) is 37.8 Å².